The zero-order chi connectivity index (χ0) is 28.3. The maximum atomic E-state index is 13.5. The van der Waals surface area contributed by atoms with Crippen LogP contribution in [0.3, 0.4) is 0 Å². The van der Waals surface area contributed by atoms with Crippen LogP contribution in [0.25, 0.3) is 0 Å². The number of likely N-dealkylation sites (tertiary alicyclic amines) is 3. The van der Waals surface area contributed by atoms with Crippen molar-refractivity contribution in [2.75, 3.05) is 51.2 Å². The lowest BCUT2D eigenvalue weighted by Gasteiger charge is -2.45. The molecule has 9 nitrogen and oxygen atoms in total. The van der Waals surface area contributed by atoms with Gasteiger partial charge in [-0.3, -0.25) is 9.69 Å². The van der Waals surface area contributed by atoms with Gasteiger partial charge in [0.25, 0.3) is 5.91 Å². The van der Waals surface area contributed by atoms with Crippen LogP contribution in [0.1, 0.15) is 56.6 Å². The molecule has 1 spiro atoms. The predicted octanol–water partition coefficient (Wildman–Crippen LogP) is 4.43. The molecule has 40 heavy (non-hydrogen) atoms. The number of amides is 2. The van der Waals surface area contributed by atoms with E-state index in [2.05, 4.69) is 15.3 Å². The largest absolute Gasteiger partial charge is 0.483 e. The van der Waals surface area contributed by atoms with Gasteiger partial charge in [-0.05, 0) is 64.1 Å². The highest BCUT2D eigenvalue weighted by molar-refractivity contribution is 5.78. The van der Waals surface area contributed by atoms with Crippen molar-refractivity contribution in [2.24, 2.45) is 0 Å². The first-order chi connectivity index (χ1) is 19.2. The SMILES string of the molecule is CCNc1ccn(C(=O)N2CCC3(CCCN3Cc3ccc(C(F)(F)F)cc3OCC(=O)N3CCCC3)CC2)n1. The number of hydrogen-bond donors (Lipinski definition) is 1. The molecule has 1 aromatic heterocycles. The molecule has 0 radical (unpaired) electrons. The second kappa shape index (κ2) is 11.7. The molecule has 3 aliphatic rings. The number of rotatable bonds is 7. The van der Waals surface area contributed by atoms with Crippen LogP contribution in [0.4, 0.5) is 23.8 Å². The molecule has 2 amide bonds. The number of nitrogens with zero attached hydrogens (tertiary/aromatic N) is 5. The average molecular weight is 563 g/mol. The zero-order valence-electron chi connectivity index (χ0n) is 22.9. The van der Waals surface area contributed by atoms with Gasteiger partial charge in [0, 0.05) is 62.6 Å². The fraction of sp³-hybridized carbons (Fsp3) is 0.607. The Hall–Kier alpha value is -3.28. The molecule has 0 atom stereocenters. The fourth-order valence-electron chi connectivity index (χ4n) is 6.17. The van der Waals surface area contributed by atoms with Crippen molar-refractivity contribution < 1.29 is 27.5 Å². The molecular formula is C28H37F3N6O3. The molecule has 12 heteroatoms. The van der Waals surface area contributed by atoms with Gasteiger partial charge in [0.1, 0.15) is 11.6 Å². The van der Waals surface area contributed by atoms with E-state index in [1.165, 1.54) is 10.7 Å². The number of benzene rings is 1. The summed E-state index contributed by atoms with van der Waals surface area (Å²) in [4.78, 5) is 31.4. The molecule has 3 aliphatic heterocycles. The van der Waals surface area contributed by atoms with Crippen LogP contribution in [0, 0.1) is 0 Å². The first-order valence-electron chi connectivity index (χ1n) is 14.1. The second-order valence-electron chi connectivity index (χ2n) is 10.9. The van der Waals surface area contributed by atoms with E-state index in [9.17, 15) is 22.8 Å². The number of halogens is 3. The lowest BCUT2D eigenvalue weighted by molar-refractivity contribution is -0.137. The number of ether oxygens (including phenoxy) is 1. The maximum Gasteiger partial charge on any atom is 0.416 e. The van der Waals surface area contributed by atoms with E-state index in [1.54, 1.807) is 22.1 Å². The Labute approximate surface area is 232 Å². The highest BCUT2D eigenvalue weighted by Gasteiger charge is 2.44. The molecule has 0 aliphatic carbocycles. The van der Waals surface area contributed by atoms with Gasteiger partial charge >= 0.3 is 12.2 Å². The van der Waals surface area contributed by atoms with Gasteiger partial charge in [0.2, 0.25) is 0 Å². The number of carbonyl (C=O) groups is 2. The summed E-state index contributed by atoms with van der Waals surface area (Å²) in [5, 5.41) is 7.40. The third kappa shape index (κ3) is 6.06. The van der Waals surface area contributed by atoms with E-state index in [1.807, 2.05) is 6.92 Å². The van der Waals surface area contributed by atoms with Crippen molar-refractivity contribution in [1.82, 2.24) is 24.5 Å². The standard InChI is InChI=1S/C28H37F3N6O3/c1-2-32-24-8-15-37(33-24)26(39)35-16-10-27(11-17-35)9-5-14-36(27)19-21-6-7-22(28(29,30)31)18-23(21)40-20-25(38)34-12-3-4-13-34/h6-8,15,18H,2-5,9-14,16-17,19-20H2,1H3,(H,32,33). The average Bonchev–Trinajstić information content (AvgIpc) is 3.70. The lowest BCUT2D eigenvalue weighted by Crippen LogP contribution is -2.53. The molecule has 1 N–H and O–H groups in total. The summed E-state index contributed by atoms with van der Waals surface area (Å²) in [7, 11) is 0. The van der Waals surface area contributed by atoms with Crippen LogP contribution in [-0.2, 0) is 17.5 Å². The van der Waals surface area contributed by atoms with E-state index in [4.69, 9.17) is 4.74 Å². The molecule has 1 aromatic carbocycles. The molecule has 3 fully saturated rings. The smallest absolute Gasteiger partial charge is 0.416 e. The van der Waals surface area contributed by atoms with Crippen LogP contribution >= 0.6 is 0 Å². The van der Waals surface area contributed by atoms with Gasteiger partial charge in [-0.25, -0.2) is 4.79 Å². The van der Waals surface area contributed by atoms with Crippen molar-refractivity contribution in [3.63, 3.8) is 0 Å². The molecule has 218 valence electrons. The number of alkyl halides is 3. The summed E-state index contributed by atoms with van der Waals surface area (Å²) < 4.78 is 47.7. The Kier molecular flexibility index (Phi) is 8.25. The Morgan fingerprint density at radius 2 is 1.75 bits per heavy atom. The van der Waals surface area contributed by atoms with Crippen molar-refractivity contribution in [2.45, 2.75) is 63.7 Å². The highest BCUT2D eigenvalue weighted by Crippen LogP contribution is 2.41. The van der Waals surface area contributed by atoms with Crippen LogP contribution in [-0.4, -0.2) is 87.8 Å². The fourth-order valence-corrected chi connectivity index (χ4v) is 6.17. The molecular weight excluding hydrogens is 525 g/mol. The quantitative estimate of drug-likeness (QED) is 0.538. The third-order valence-corrected chi connectivity index (χ3v) is 8.41. The Morgan fingerprint density at radius 3 is 2.45 bits per heavy atom. The first-order valence-corrected chi connectivity index (χ1v) is 14.1. The molecule has 0 saturated carbocycles. The molecule has 4 heterocycles. The summed E-state index contributed by atoms with van der Waals surface area (Å²) in [6.07, 6.45) is 2.49. The van der Waals surface area contributed by atoms with E-state index in [0.29, 0.717) is 50.6 Å². The van der Waals surface area contributed by atoms with Crippen LogP contribution < -0.4 is 10.1 Å². The number of carbonyl (C=O) groups excluding carboxylic acids is 2. The van der Waals surface area contributed by atoms with Gasteiger partial charge in [0.05, 0.1) is 5.56 Å². The predicted molar refractivity (Wildman–Crippen MR) is 143 cm³/mol. The number of hydrogen-bond acceptors (Lipinski definition) is 6. The van der Waals surface area contributed by atoms with Crippen molar-refractivity contribution in [1.29, 1.82) is 0 Å². The number of piperidine rings is 1. The minimum atomic E-state index is -4.51. The van der Waals surface area contributed by atoms with Crippen LogP contribution in [0.2, 0.25) is 0 Å². The molecule has 3 saturated heterocycles. The summed E-state index contributed by atoms with van der Waals surface area (Å²) in [6.45, 7) is 6.10. The molecule has 2 aromatic rings. The second-order valence-corrected chi connectivity index (χ2v) is 10.9. The monoisotopic (exact) mass is 562 g/mol. The summed E-state index contributed by atoms with van der Waals surface area (Å²) in [5.41, 5.74) is -0.297. The molecule has 0 bridgehead atoms. The summed E-state index contributed by atoms with van der Waals surface area (Å²) >= 11 is 0. The zero-order valence-corrected chi connectivity index (χ0v) is 22.9. The van der Waals surface area contributed by atoms with Gasteiger partial charge in [-0.1, -0.05) is 6.07 Å². The van der Waals surface area contributed by atoms with E-state index < -0.39 is 11.7 Å². The minimum absolute atomic E-state index is 0.104. The third-order valence-electron chi connectivity index (χ3n) is 8.41. The topological polar surface area (TPSA) is 82.9 Å². The highest BCUT2D eigenvalue weighted by atomic mass is 19.4. The minimum Gasteiger partial charge on any atom is -0.483 e. The van der Waals surface area contributed by atoms with E-state index in [-0.39, 0.29) is 29.8 Å². The van der Waals surface area contributed by atoms with Gasteiger partial charge in [-0.15, -0.1) is 5.10 Å². The van der Waals surface area contributed by atoms with Crippen LogP contribution in [0.15, 0.2) is 30.5 Å². The summed E-state index contributed by atoms with van der Waals surface area (Å²) in [6, 6.07) is 5.18. The van der Waals surface area contributed by atoms with Gasteiger partial charge < -0.3 is 19.9 Å². The number of anilines is 1. The van der Waals surface area contributed by atoms with Crippen LogP contribution in [0.5, 0.6) is 5.75 Å². The van der Waals surface area contributed by atoms with Gasteiger partial charge in [-0.2, -0.15) is 17.9 Å². The molecule has 5 rings (SSSR count). The van der Waals surface area contributed by atoms with E-state index >= 15 is 0 Å². The number of aromatic nitrogens is 2. The summed E-state index contributed by atoms with van der Waals surface area (Å²) in [5.74, 6) is 0.556. The van der Waals surface area contributed by atoms with Crippen molar-refractivity contribution in [3.8, 4) is 5.75 Å². The van der Waals surface area contributed by atoms with E-state index in [0.717, 1.165) is 57.2 Å². The number of nitrogens with one attached hydrogen (secondary N) is 1. The molecule has 0 unspecified atom stereocenters. The Morgan fingerprint density at radius 1 is 1.00 bits per heavy atom. The Balaban J connectivity index is 1.27. The Bertz CT molecular complexity index is 1200. The van der Waals surface area contributed by atoms with Gasteiger partial charge in [0.15, 0.2) is 6.61 Å². The van der Waals surface area contributed by atoms with Crippen molar-refractivity contribution >= 4 is 17.8 Å². The maximum absolute atomic E-state index is 13.5. The van der Waals surface area contributed by atoms with Crippen molar-refractivity contribution in [3.05, 3.63) is 41.6 Å². The lowest BCUT2D eigenvalue weighted by atomic mass is 9.84. The normalized spacial score (nSPS) is 19.4. The first kappa shape index (κ1) is 28.3.